The molecule has 0 aliphatic rings. The third-order valence-corrected chi connectivity index (χ3v) is 0. The molecule has 0 amide bonds. The maximum atomic E-state index is 8.89. The average Bonchev–Trinajstić information content (AvgIpc) is 1.19. The van der Waals surface area contributed by atoms with Gasteiger partial charge in [-0.1, -0.05) is 0 Å². The maximum Gasteiger partial charge on any atom is 1.00 e. The van der Waals surface area contributed by atoms with Crippen LogP contribution in [0.2, 0.25) is 9.88 Å². The Bertz CT molecular complexity index is 83.7. The van der Waals surface area contributed by atoms with Crippen LogP contribution >= 0.6 is 17.8 Å². The second-order valence-corrected chi connectivity index (χ2v) is 23.4. The molecule has 0 aromatic carbocycles. The molecule has 0 aromatic rings. The van der Waals surface area contributed by atoms with Crippen molar-refractivity contribution in [2.75, 3.05) is 0 Å². The molecule has 0 spiro atoms. The molecule has 0 saturated heterocycles. The summed E-state index contributed by atoms with van der Waals surface area (Å²) in [5.74, 6) is -1.08. The van der Waals surface area contributed by atoms with Crippen LogP contribution in [0.4, 0.5) is 0 Å². The molecule has 0 bridgehead atoms. The van der Waals surface area contributed by atoms with Crippen LogP contribution in [-0.2, 0) is 4.79 Å². The van der Waals surface area contributed by atoms with Gasteiger partial charge in [0.05, 0.1) is 0 Å². The van der Waals surface area contributed by atoms with Crippen LogP contribution in [0.3, 0.4) is 0 Å². The summed E-state index contributed by atoms with van der Waals surface area (Å²) in [6.07, 6.45) is 0. The molecular formula is C4H9Cl2NaO2Sn. The molecule has 56 valence electrons. The van der Waals surface area contributed by atoms with E-state index in [4.69, 9.17) is 27.7 Å². The molecule has 0 fully saturated rings. The summed E-state index contributed by atoms with van der Waals surface area (Å²) in [4.78, 5) is 12.7. The molecule has 0 aliphatic heterocycles. The number of carbonyl (C=O) groups excluding carboxylic acids is 1. The van der Waals surface area contributed by atoms with E-state index in [2.05, 4.69) is 0 Å². The summed E-state index contributed by atoms with van der Waals surface area (Å²) in [5.41, 5.74) is 0. The van der Waals surface area contributed by atoms with Crippen molar-refractivity contribution in [1.82, 2.24) is 0 Å². The largest absolute Gasteiger partial charge is 1.00 e. The summed E-state index contributed by atoms with van der Waals surface area (Å²) < 4.78 is 0. The van der Waals surface area contributed by atoms with Gasteiger partial charge in [0, 0.05) is 5.97 Å². The Labute approximate surface area is 94.9 Å². The van der Waals surface area contributed by atoms with E-state index in [9.17, 15) is 0 Å². The molecule has 10 heavy (non-hydrogen) atoms. The van der Waals surface area contributed by atoms with Gasteiger partial charge in [-0.2, -0.15) is 0 Å². The SMILES string of the molecule is CC(=O)[O-].[CH3][Sn]([CH3])([Cl])[Cl].[Na+]. The summed E-state index contributed by atoms with van der Waals surface area (Å²) in [7, 11) is 11.0. The maximum absolute atomic E-state index is 8.89. The normalized spacial score (nSPS) is 8.50. The Morgan fingerprint density at radius 1 is 1.40 bits per heavy atom. The first-order valence-electron chi connectivity index (χ1n) is 2.29. The monoisotopic (exact) mass is 302 g/mol. The number of carboxylic acid groups (broad SMARTS) is 1. The number of carboxylic acids is 1. The molecule has 0 rings (SSSR count). The molecule has 0 N–H and O–H groups in total. The summed E-state index contributed by atoms with van der Waals surface area (Å²) in [5, 5.41) is 8.89. The van der Waals surface area contributed by atoms with Gasteiger partial charge in [-0.25, -0.2) is 0 Å². The number of halogens is 2. The zero-order valence-electron chi connectivity index (χ0n) is 6.57. The predicted molar refractivity (Wildman–Crippen MR) is 39.9 cm³/mol. The number of hydrogen-bond acceptors (Lipinski definition) is 2. The molecule has 2 nitrogen and oxygen atoms in total. The van der Waals surface area contributed by atoms with E-state index >= 15 is 0 Å². The molecule has 0 unspecified atom stereocenters. The van der Waals surface area contributed by atoms with E-state index in [1.54, 1.807) is 0 Å². The fraction of sp³-hybridized carbons (Fsp3) is 0.750. The van der Waals surface area contributed by atoms with Gasteiger partial charge in [0.2, 0.25) is 0 Å². The van der Waals surface area contributed by atoms with Crippen molar-refractivity contribution in [2.24, 2.45) is 0 Å². The van der Waals surface area contributed by atoms with Crippen LogP contribution in [0.15, 0.2) is 0 Å². The molecule has 0 atom stereocenters. The van der Waals surface area contributed by atoms with Gasteiger partial charge in [-0.15, -0.1) is 0 Å². The Hall–Kier alpha value is 1.85. The molecule has 0 aliphatic carbocycles. The van der Waals surface area contributed by atoms with Gasteiger partial charge >= 0.3 is 73.4 Å². The molecular weight excluding hydrogens is 293 g/mol. The van der Waals surface area contributed by atoms with Crippen molar-refractivity contribution >= 4 is 39.9 Å². The van der Waals surface area contributed by atoms with Gasteiger partial charge in [-0.05, 0) is 6.92 Å². The standard InChI is InChI=1S/C2H4O2.2CH3.2ClH.Na.Sn/c1-2(3)4;;;;;;/h1H3,(H,3,4);2*1H3;2*1H;;/q;;;;;+1;+2/p-3. The van der Waals surface area contributed by atoms with Gasteiger partial charge in [0.25, 0.3) is 0 Å². The number of carbonyl (C=O) groups is 1. The molecule has 0 heterocycles. The van der Waals surface area contributed by atoms with E-state index in [1.165, 1.54) is 0 Å². The zero-order valence-corrected chi connectivity index (χ0v) is 12.9. The van der Waals surface area contributed by atoms with Crippen LogP contribution in [0.25, 0.3) is 0 Å². The van der Waals surface area contributed by atoms with Crippen molar-refractivity contribution in [3.05, 3.63) is 0 Å². The van der Waals surface area contributed by atoms with Crippen LogP contribution < -0.4 is 34.7 Å². The fourth-order valence-corrected chi connectivity index (χ4v) is 0. The van der Waals surface area contributed by atoms with Crippen molar-refractivity contribution in [2.45, 2.75) is 16.8 Å². The second-order valence-electron chi connectivity index (χ2n) is 1.82. The van der Waals surface area contributed by atoms with Crippen LogP contribution in [0.5, 0.6) is 0 Å². The van der Waals surface area contributed by atoms with Gasteiger partial charge in [0.15, 0.2) is 0 Å². The fourth-order valence-electron chi connectivity index (χ4n) is 0. The zero-order chi connectivity index (χ0) is 8.08. The Morgan fingerprint density at radius 2 is 1.40 bits per heavy atom. The first kappa shape index (κ1) is 17.8. The van der Waals surface area contributed by atoms with Crippen LogP contribution in [0.1, 0.15) is 6.92 Å². The van der Waals surface area contributed by atoms with Gasteiger partial charge in [-0.3, -0.25) is 0 Å². The Morgan fingerprint density at radius 3 is 1.40 bits per heavy atom. The van der Waals surface area contributed by atoms with Crippen molar-refractivity contribution < 1.29 is 39.5 Å². The quantitative estimate of drug-likeness (QED) is 0.482. The van der Waals surface area contributed by atoms with E-state index in [0.29, 0.717) is 0 Å². The van der Waals surface area contributed by atoms with Gasteiger partial charge in [0.1, 0.15) is 0 Å². The predicted octanol–water partition coefficient (Wildman–Crippen LogP) is -2.07. The van der Waals surface area contributed by atoms with Gasteiger partial charge < -0.3 is 9.90 Å². The minimum Gasteiger partial charge on any atom is 1.00 e. The van der Waals surface area contributed by atoms with Crippen molar-refractivity contribution in [3.8, 4) is 0 Å². The van der Waals surface area contributed by atoms with E-state index in [-0.39, 0.29) is 29.6 Å². The number of rotatable bonds is 0. The van der Waals surface area contributed by atoms with Crippen LogP contribution in [0, 0.1) is 0 Å². The molecule has 6 heteroatoms. The molecule has 0 aromatic heterocycles. The third kappa shape index (κ3) is 226. The van der Waals surface area contributed by atoms with Crippen molar-refractivity contribution in [3.63, 3.8) is 0 Å². The second kappa shape index (κ2) is 8.94. The van der Waals surface area contributed by atoms with E-state index in [1.807, 2.05) is 9.88 Å². The van der Waals surface area contributed by atoms with E-state index < -0.39 is 22.1 Å². The summed E-state index contributed by atoms with van der Waals surface area (Å²) in [6, 6.07) is 0. The molecule has 0 saturated carbocycles. The Balaban J connectivity index is -0.0000000910. The third-order valence-electron chi connectivity index (χ3n) is 0. The number of hydrogen-bond donors (Lipinski definition) is 0. The van der Waals surface area contributed by atoms with E-state index in [0.717, 1.165) is 6.92 Å². The number of aliphatic carboxylic acids is 1. The first-order valence-corrected chi connectivity index (χ1v) is 15.2. The average molecular weight is 302 g/mol. The topological polar surface area (TPSA) is 40.1 Å². The molecule has 0 radical (unpaired) electrons. The minimum atomic E-state index is -2.24. The van der Waals surface area contributed by atoms with Crippen LogP contribution in [-0.4, -0.2) is 22.1 Å². The first-order chi connectivity index (χ1) is 3.73. The summed E-state index contributed by atoms with van der Waals surface area (Å²) in [6.45, 7) is 0.972. The summed E-state index contributed by atoms with van der Waals surface area (Å²) >= 11 is -2.24. The Kier molecular flexibility index (Phi) is 15.9. The minimum absolute atomic E-state index is 0. The smallest absolute Gasteiger partial charge is 1.00 e. The van der Waals surface area contributed by atoms with Crippen molar-refractivity contribution in [1.29, 1.82) is 0 Å².